The van der Waals surface area contributed by atoms with Crippen molar-refractivity contribution in [2.75, 3.05) is 38.2 Å². The number of anilines is 2. The van der Waals surface area contributed by atoms with E-state index in [1.54, 1.807) is 37.4 Å². The second kappa shape index (κ2) is 7.40. The van der Waals surface area contributed by atoms with Crippen LogP contribution in [0.1, 0.15) is 0 Å². The van der Waals surface area contributed by atoms with Crippen LogP contribution in [-0.2, 0) is 4.79 Å². The smallest absolute Gasteiger partial charge is 0.243 e. The summed E-state index contributed by atoms with van der Waals surface area (Å²) in [5.41, 5.74) is 1.13. The zero-order valence-electron chi connectivity index (χ0n) is 13.7. The minimum atomic E-state index is -0.253. The van der Waals surface area contributed by atoms with Crippen molar-refractivity contribution in [1.82, 2.24) is 0 Å². The van der Waals surface area contributed by atoms with Gasteiger partial charge in [0.25, 0.3) is 0 Å². The molecule has 2 aromatic carbocycles. The van der Waals surface area contributed by atoms with Crippen LogP contribution in [-0.4, -0.2) is 33.5 Å². The zero-order chi connectivity index (χ0) is 17.8. The van der Waals surface area contributed by atoms with Crippen molar-refractivity contribution in [3.63, 3.8) is 0 Å². The molecule has 2 N–H and O–H groups in total. The molecule has 0 spiro atoms. The number of ether oxygens (including phenoxy) is 4. The summed E-state index contributed by atoms with van der Waals surface area (Å²) >= 11 is 6.17. The Hall–Kier alpha value is -2.80. The van der Waals surface area contributed by atoms with Gasteiger partial charge >= 0.3 is 0 Å². The highest BCUT2D eigenvalue weighted by molar-refractivity contribution is 6.33. The van der Waals surface area contributed by atoms with E-state index >= 15 is 0 Å². The van der Waals surface area contributed by atoms with E-state index < -0.39 is 0 Å². The summed E-state index contributed by atoms with van der Waals surface area (Å²) in [5, 5.41) is 6.20. The predicted molar refractivity (Wildman–Crippen MR) is 94.2 cm³/mol. The van der Waals surface area contributed by atoms with E-state index in [1.807, 2.05) is 0 Å². The van der Waals surface area contributed by atoms with Crippen molar-refractivity contribution >= 4 is 28.9 Å². The maximum atomic E-state index is 12.2. The molecule has 25 heavy (non-hydrogen) atoms. The van der Waals surface area contributed by atoms with Crippen LogP contribution in [0, 0.1) is 0 Å². The number of halogens is 1. The van der Waals surface area contributed by atoms with Crippen LogP contribution in [0.5, 0.6) is 23.0 Å². The summed E-state index contributed by atoms with van der Waals surface area (Å²) in [6.45, 7) is 0.182. The summed E-state index contributed by atoms with van der Waals surface area (Å²) in [7, 11) is 3.08. The fraction of sp³-hybridized carbons (Fsp3) is 0.235. The molecule has 1 aliphatic rings. The molecule has 132 valence electrons. The maximum Gasteiger partial charge on any atom is 0.243 e. The molecule has 3 rings (SSSR count). The fourth-order valence-electron chi connectivity index (χ4n) is 2.32. The molecule has 0 fully saturated rings. The van der Waals surface area contributed by atoms with E-state index in [0.29, 0.717) is 39.4 Å². The van der Waals surface area contributed by atoms with E-state index in [2.05, 4.69) is 10.6 Å². The van der Waals surface area contributed by atoms with E-state index in [4.69, 9.17) is 30.5 Å². The molecule has 8 heteroatoms. The Morgan fingerprint density at radius 1 is 1.12 bits per heavy atom. The molecule has 0 aliphatic carbocycles. The number of hydrogen-bond donors (Lipinski definition) is 2. The second-order valence-electron chi connectivity index (χ2n) is 5.15. The molecule has 1 aliphatic heterocycles. The van der Waals surface area contributed by atoms with Crippen LogP contribution in [0.4, 0.5) is 11.4 Å². The quantitative estimate of drug-likeness (QED) is 0.820. The standard InChI is InChI=1S/C17H17ClN2O5/c1-22-10-3-4-12(14(5-10)23-2)20-17(21)8-19-13-7-16-15(6-11(13)18)24-9-25-16/h3-7,19H,8-9H2,1-2H3,(H,20,21). The molecule has 0 aromatic heterocycles. The Morgan fingerprint density at radius 3 is 2.60 bits per heavy atom. The Bertz CT molecular complexity index is 797. The molecule has 0 unspecified atom stereocenters. The fourth-order valence-corrected chi connectivity index (χ4v) is 2.54. The molecule has 7 nitrogen and oxygen atoms in total. The lowest BCUT2D eigenvalue weighted by Gasteiger charge is -2.13. The highest BCUT2D eigenvalue weighted by Crippen LogP contribution is 2.39. The molecule has 0 saturated heterocycles. The van der Waals surface area contributed by atoms with E-state index in [0.717, 1.165) is 0 Å². The molecular formula is C17H17ClN2O5. The van der Waals surface area contributed by atoms with E-state index in [-0.39, 0.29) is 19.2 Å². The molecule has 2 aromatic rings. The normalized spacial score (nSPS) is 11.8. The molecule has 1 amide bonds. The average molecular weight is 365 g/mol. The van der Waals surface area contributed by atoms with Gasteiger partial charge in [0, 0.05) is 18.2 Å². The first-order valence-corrected chi connectivity index (χ1v) is 7.83. The maximum absolute atomic E-state index is 12.2. The lowest BCUT2D eigenvalue weighted by Crippen LogP contribution is -2.22. The van der Waals surface area contributed by atoms with E-state index in [9.17, 15) is 4.79 Å². The molecule has 0 bridgehead atoms. The van der Waals surface area contributed by atoms with Gasteiger partial charge in [-0.25, -0.2) is 0 Å². The number of benzene rings is 2. The number of methoxy groups -OCH3 is 2. The number of nitrogens with one attached hydrogen (secondary N) is 2. The number of fused-ring (bicyclic) bond motifs is 1. The largest absolute Gasteiger partial charge is 0.497 e. The van der Waals surface area contributed by atoms with Crippen LogP contribution in [0.2, 0.25) is 5.02 Å². The van der Waals surface area contributed by atoms with Crippen molar-refractivity contribution in [2.45, 2.75) is 0 Å². The number of amides is 1. The van der Waals surface area contributed by atoms with Crippen molar-refractivity contribution in [3.8, 4) is 23.0 Å². The third-order valence-corrected chi connectivity index (χ3v) is 3.90. The Kier molecular flexibility index (Phi) is 5.04. The van der Waals surface area contributed by atoms with Crippen LogP contribution in [0.25, 0.3) is 0 Å². The van der Waals surface area contributed by atoms with Crippen LogP contribution >= 0.6 is 11.6 Å². The van der Waals surface area contributed by atoms with Crippen LogP contribution in [0.3, 0.4) is 0 Å². The third kappa shape index (κ3) is 3.83. The van der Waals surface area contributed by atoms with Gasteiger partial charge in [-0.15, -0.1) is 0 Å². The summed E-state index contributed by atoms with van der Waals surface area (Å²) in [5.74, 6) is 2.07. The van der Waals surface area contributed by atoms with Gasteiger partial charge in [0.05, 0.1) is 37.2 Å². The molecule has 0 atom stereocenters. The van der Waals surface area contributed by atoms with Crippen LogP contribution in [0.15, 0.2) is 30.3 Å². The van der Waals surface area contributed by atoms with Crippen molar-refractivity contribution in [1.29, 1.82) is 0 Å². The first-order chi connectivity index (χ1) is 12.1. The topological polar surface area (TPSA) is 78.1 Å². The van der Waals surface area contributed by atoms with Crippen molar-refractivity contribution in [2.24, 2.45) is 0 Å². The molecular weight excluding hydrogens is 348 g/mol. The monoisotopic (exact) mass is 364 g/mol. The SMILES string of the molecule is COc1ccc(NC(=O)CNc2cc3c(cc2Cl)OCO3)c(OC)c1. The van der Waals surface area contributed by atoms with Gasteiger partial charge in [0.1, 0.15) is 11.5 Å². The molecule has 0 radical (unpaired) electrons. The van der Waals surface area contributed by atoms with Crippen molar-refractivity contribution in [3.05, 3.63) is 35.4 Å². The lowest BCUT2D eigenvalue weighted by atomic mass is 10.2. The number of carbonyl (C=O) groups excluding carboxylic acids is 1. The summed E-state index contributed by atoms with van der Waals surface area (Å²) in [6, 6.07) is 8.49. The van der Waals surface area contributed by atoms with Gasteiger partial charge in [-0.05, 0) is 12.1 Å². The van der Waals surface area contributed by atoms with Gasteiger partial charge in [-0.1, -0.05) is 11.6 Å². The van der Waals surface area contributed by atoms with Crippen LogP contribution < -0.4 is 29.6 Å². The first kappa shape index (κ1) is 17.0. The van der Waals surface area contributed by atoms with Gasteiger partial charge in [-0.3, -0.25) is 4.79 Å². The zero-order valence-corrected chi connectivity index (χ0v) is 14.5. The Balaban J connectivity index is 1.64. The van der Waals surface area contributed by atoms with Gasteiger partial charge in [-0.2, -0.15) is 0 Å². The number of rotatable bonds is 6. The Morgan fingerprint density at radius 2 is 1.88 bits per heavy atom. The molecule has 0 saturated carbocycles. The summed E-state index contributed by atoms with van der Waals surface area (Å²) < 4.78 is 20.9. The molecule has 1 heterocycles. The van der Waals surface area contributed by atoms with Gasteiger partial charge < -0.3 is 29.6 Å². The summed E-state index contributed by atoms with van der Waals surface area (Å²) in [4.78, 5) is 12.2. The minimum Gasteiger partial charge on any atom is -0.497 e. The Labute approximate surface area is 149 Å². The highest BCUT2D eigenvalue weighted by atomic mass is 35.5. The summed E-state index contributed by atoms with van der Waals surface area (Å²) in [6.07, 6.45) is 0. The van der Waals surface area contributed by atoms with Crippen molar-refractivity contribution < 1.29 is 23.7 Å². The average Bonchev–Trinajstić information content (AvgIpc) is 3.07. The lowest BCUT2D eigenvalue weighted by molar-refractivity contribution is -0.114. The van der Waals surface area contributed by atoms with Gasteiger partial charge in [0.2, 0.25) is 12.7 Å². The first-order valence-electron chi connectivity index (χ1n) is 7.45. The number of hydrogen-bond acceptors (Lipinski definition) is 6. The van der Waals surface area contributed by atoms with Gasteiger partial charge in [0.15, 0.2) is 11.5 Å². The number of carbonyl (C=O) groups is 1. The second-order valence-corrected chi connectivity index (χ2v) is 5.56. The third-order valence-electron chi connectivity index (χ3n) is 3.58. The minimum absolute atomic E-state index is 0.0224. The predicted octanol–water partition coefficient (Wildman–Crippen LogP) is 3.14. The van der Waals surface area contributed by atoms with E-state index in [1.165, 1.54) is 7.11 Å². The highest BCUT2D eigenvalue weighted by Gasteiger charge is 2.17.